The van der Waals surface area contributed by atoms with Gasteiger partial charge in [-0.05, 0) is 18.8 Å². The van der Waals surface area contributed by atoms with Gasteiger partial charge in [-0.15, -0.1) is 0 Å². The summed E-state index contributed by atoms with van der Waals surface area (Å²) >= 11 is 0. The minimum atomic E-state index is -0.298. The lowest BCUT2D eigenvalue weighted by molar-refractivity contribution is 0.132. The summed E-state index contributed by atoms with van der Waals surface area (Å²) in [6.45, 7) is 10.9. The minimum Gasteiger partial charge on any atom is -0.450 e. The van der Waals surface area contributed by atoms with Crippen LogP contribution in [0.15, 0.2) is 0 Å². The Bertz CT molecular complexity index is 185. The molecular formula is C12H25NO2. The molecule has 0 fully saturated rings. The summed E-state index contributed by atoms with van der Waals surface area (Å²) < 4.78 is 5.06. The fourth-order valence-corrected chi connectivity index (χ4v) is 0.952. The van der Waals surface area contributed by atoms with Gasteiger partial charge in [0.1, 0.15) is 0 Å². The third-order valence-corrected chi connectivity index (χ3v) is 2.61. The van der Waals surface area contributed by atoms with E-state index in [1.54, 1.807) is 0 Å². The highest BCUT2D eigenvalue weighted by atomic mass is 16.5. The summed E-state index contributed by atoms with van der Waals surface area (Å²) in [5.74, 6) is 0. The maximum atomic E-state index is 11.3. The third kappa shape index (κ3) is 7.23. The lowest BCUT2D eigenvalue weighted by Gasteiger charge is -2.27. The summed E-state index contributed by atoms with van der Waals surface area (Å²) in [6.07, 6.45) is 2.91. The van der Waals surface area contributed by atoms with E-state index in [1.165, 1.54) is 0 Å². The summed E-state index contributed by atoms with van der Waals surface area (Å²) in [6, 6.07) is 0.121. The Hall–Kier alpha value is -0.730. The van der Waals surface area contributed by atoms with Crippen molar-refractivity contribution in [3.8, 4) is 0 Å². The molecule has 15 heavy (non-hydrogen) atoms. The van der Waals surface area contributed by atoms with Crippen LogP contribution in [0.5, 0.6) is 0 Å². The van der Waals surface area contributed by atoms with Gasteiger partial charge in [0, 0.05) is 6.04 Å². The van der Waals surface area contributed by atoms with E-state index in [4.69, 9.17) is 4.74 Å². The molecule has 3 nitrogen and oxygen atoms in total. The molecule has 0 bridgehead atoms. The smallest absolute Gasteiger partial charge is 0.407 e. The first-order chi connectivity index (χ1) is 6.88. The lowest BCUT2D eigenvalue weighted by Crippen LogP contribution is -2.41. The molecule has 0 radical (unpaired) electrons. The monoisotopic (exact) mass is 215 g/mol. The fraction of sp³-hybridized carbons (Fsp3) is 0.917. The number of hydrogen-bond acceptors (Lipinski definition) is 2. The molecule has 0 heterocycles. The van der Waals surface area contributed by atoms with Crippen molar-refractivity contribution >= 4 is 6.09 Å². The van der Waals surface area contributed by atoms with Gasteiger partial charge in [0.2, 0.25) is 0 Å². The molecule has 0 rings (SSSR count). The van der Waals surface area contributed by atoms with Crippen LogP contribution in [0.1, 0.15) is 53.9 Å². The quantitative estimate of drug-likeness (QED) is 0.714. The average molecular weight is 215 g/mol. The largest absolute Gasteiger partial charge is 0.450 e. The molecule has 0 aromatic rings. The number of alkyl carbamates (subject to hydrolysis) is 1. The second kappa shape index (κ2) is 6.70. The standard InChI is InChI=1S/C12H25NO2/c1-6-7-8-9-15-11(14)13-10(2)12(3,4)5/h10H,6-9H2,1-5H3,(H,13,14). The normalized spacial score (nSPS) is 13.4. The molecule has 1 amide bonds. The topological polar surface area (TPSA) is 38.3 Å². The Morgan fingerprint density at radius 3 is 2.40 bits per heavy atom. The zero-order chi connectivity index (χ0) is 11.9. The van der Waals surface area contributed by atoms with Gasteiger partial charge in [0.05, 0.1) is 6.61 Å². The van der Waals surface area contributed by atoms with Gasteiger partial charge >= 0.3 is 6.09 Å². The van der Waals surface area contributed by atoms with Crippen molar-refractivity contribution in [2.24, 2.45) is 5.41 Å². The van der Waals surface area contributed by atoms with Crippen molar-refractivity contribution in [2.45, 2.75) is 59.9 Å². The summed E-state index contributed by atoms with van der Waals surface area (Å²) in [7, 11) is 0. The van der Waals surface area contributed by atoms with E-state index in [0.717, 1.165) is 19.3 Å². The zero-order valence-electron chi connectivity index (χ0n) is 10.7. The van der Waals surface area contributed by atoms with E-state index < -0.39 is 0 Å². The van der Waals surface area contributed by atoms with E-state index >= 15 is 0 Å². The second-order valence-corrected chi connectivity index (χ2v) is 5.08. The maximum Gasteiger partial charge on any atom is 0.407 e. The highest BCUT2D eigenvalue weighted by Crippen LogP contribution is 2.18. The minimum absolute atomic E-state index is 0.0719. The highest BCUT2D eigenvalue weighted by Gasteiger charge is 2.21. The predicted molar refractivity (Wildman–Crippen MR) is 62.9 cm³/mol. The predicted octanol–water partition coefficient (Wildman–Crippen LogP) is 3.34. The molecule has 0 aliphatic heterocycles. The third-order valence-electron chi connectivity index (χ3n) is 2.61. The van der Waals surface area contributed by atoms with Crippen LogP contribution in [0.25, 0.3) is 0 Å². The first-order valence-electron chi connectivity index (χ1n) is 5.81. The van der Waals surface area contributed by atoms with Crippen LogP contribution in [0.2, 0.25) is 0 Å². The van der Waals surface area contributed by atoms with E-state index in [2.05, 4.69) is 33.0 Å². The Labute approximate surface area is 93.6 Å². The molecule has 0 spiro atoms. The number of hydrogen-bond donors (Lipinski definition) is 1. The second-order valence-electron chi connectivity index (χ2n) is 5.08. The molecule has 0 saturated heterocycles. The number of unbranched alkanes of at least 4 members (excludes halogenated alkanes) is 2. The van der Waals surface area contributed by atoms with Crippen molar-refractivity contribution in [3.05, 3.63) is 0 Å². The van der Waals surface area contributed by atoms with E-state index in [9.17, 15) is 4.79 Å². The molecular weight excluding hydrogens is 190 g/mol. The number of carbonyl (C=O) groups excluding carboxylic acids is 1. The van der Waals surface area contributed by atoms with Crippen molar-refractivity contribution in [1.29, 1.82) is 0 Å². The van der Waals surface area contributed by atoms with Crippen molar-refractivity contribution in [3.63, 3.8) is 0 Å². The Morgan fingerprint density at radius 2 is 1.93 bits per heavy atom. The van der Waals surface area contributed by atoms with Gasteiger partial charge < -0.3 is 10.1 Å². The molecule has 0 aliphatic carbocycles. The van der Waals surface area contributed by atoms with Crippen molar-refractivity contribution in [1.82, 2.24) is 5.32 Å². The number of carbonyl (C=O) groups is 1. The molecule has 1 atom stereocenters. The van der Waals surface area contributed by atoms with Gasteiger partial charge in [0.15, 0.2) is 0 Å². The van der Waals surface area contributed by atoms with Crippen LogP contribution in [-0.2, 0) is 4.74 Å². The van der Waals surface area contributed by atoms with Gasteiger partial charge in [-0.2, -0.15) is 0 Å². The molecule has 0 aromatic heterocycles. The first kappa shape index (κ1) is 14.3. The van der Waals surface area contributed by atoms with Crippen LogP contribution in [0, 0.1) is 5.41 Å². The number of nitrogens with one attached hydrogen (secondary N) is 1. The number of amides is 1. The van der Waals surface area contributed by atoms with Gasteiger partial charge in [-0.25, -0.2) is 4.79 Å². The molecule has 1 unspecified atom stereocenters. The maximum absolute atomic E-state index is 11.3. The summed E-state index contributed by atoms with van der Waals surface area (Å²) in [4.78, 5) is 11.3. The molecule has 3 heteroatoms. The van der Waals surface area contributed by atoms with Gasteiger partial charge in [-0.3, -0.25) is 0 Å². The van der Waals surface area contributed by atoms with E-state index in [1.807, 2.05) is 6.92 Å². The molecule has 0 aliphatic rings. The first-order valence-corrected chi connectivity index (χ1v) is 5.81. The molecule has 1 N–H and O–H groups in total. The Kier molecular flexibility index (Phi) is 6.37. The van der Waals surface area contributed by atoms with E-state index in [-0.39, 0.29) is 17.6 Å². The lowest BCUT2D eigenvalue weighted by atomic mass is 9.88. The summed E-state index contributed by atoms with van der Waals surface area (Å²) in [5.41, 5.74) is 0.0719. The number of rotatable bonds is 5. The highest BCUT2D eigenvalue weighted by molar-refractivity contribution is 5.67. The van der Waals surface area contributed by atoms with Gasteiger partial charge in [0.25, 0.3) is 0 Å². The van der Waals surface area contributed by atoms with Crippen LogP contribution in [0.3, 0.4) is 0 Å². The molecule has 0 saturated carbocycles. The average Bonchev–Trinajstić information content (AvgIpc) is 2.11. The van der Waals surface area contributed by atoms with Crippen LogP contribution >= 0.6 is 0 Å². The SMILES string of the molecule is CCCCCOC(=O)NC(C)C(C)(C)C. The van der Waals surface area contributed by atoms with E-state index in [0.29, 0.717) is 6.61 Å². The number of ether oxygens (including phenoxy) is 1. The zero-order valence-corrected chi connectivity index (χ0v) is 10.7. The van der Waals surface area contributed by atoms with Crippen molar-refractivity contribution < 1.29 is 9.53 Å². The molecule has 90 valence electrons. The Balaban J connectivity index is 3.65. The Morgan fingerprint density at radius 1 is 1.33 bits per heavy atom. The van der Waals surface area contributed by atoms with Crippen LogP contribution < -0.4 is 5.32 Å². The molecule has 0 aromatic carbocycles. The fourth-order valence-electron chi connectivity index (χ4n) is 0.952. The van der Waals surface area contributed by atoms with Crippen LogP contribution in [0.4, 0.5) is 4.79 Å². The van der Waals surface area contributed by atoms with Gasteiger partial charge in [-0.1, -0.05) is 40.5 Å². The van der Waals surface area contributed by atoms with Crippen LogP contribution in [-0.4, -0.2) is 18.7 Å². The van der Waals surface area contributed by atoms with Crippen molar-refractivity contribution in [2.75, 3.05) is 6.61 Å². The summed E-state index contributed by atoms with van der Waals surface area (Å²) in [5, 5.41) is 2.84.